The van der Waals surface area contributed by atoms with Crippen LogP contribution in [-0.4, -0.2) is 52.0 Å². The summed E-state index contributed by atoms with van der Waals surface area (Å²) in [6.45, 7) is 0. The minimum Gasteiger partial charge on any atom is -0.391 e. The van der Waals surface area contributed by atoms with Crippen molar-refractivity contribution in [2.45, 2.75) is 24.6 Å². The lowest BCUT2D eigenvalue weighted by atomic mass is 9.83. The lowest BCUT2D eigenvalue weighted by Crippen LogP contribution is -2.56. The number of amides is 1. The van der Waals surface area contributed by atoms with Gasteiger partial charge in [-0.1, -0.05) is 0 Å². The molecule has 1 aliphatic carbocycles. The summed E-state index contributed by atoms with van der Waals surface area (Å²) < 4.78 is 1.68. The molecule has 0 unspecified atom stereocenters. The monoisotopic (exact) mass is 301 g/mol. The van der Waals surface area contributed by atoms with E-state index in [1.54, 1.807) is 35.4 Å². The highest BCUT2D eigenvalue weighted by Crippen LogP contribution is 2.32. The second-order valence-electron chi connectivity index (χ2n) is 5.65. The van der Waals surface area contributed by atoms with Crippen molar-refractivity contribution < 1.29 is 9.90 Å². The topological polar surface area (TPSA) is 83.3 Å². The third kappa shape index (κ3) is 2.67. The fourth-order valence-corrected chi connectivity index (χ4v) is 2.64. The molecule has 0 aliphatic heterocycles. The summed E-state index contributed by atoms with van der Waals surface area (Å²) in [5.41, 5.74) is 1.28. The number of nitrogens with one attached hydrogen (secondary N) is 1. The molecule has 2 aromatic heterocycles. The Bertz CT molecular complexity index is 656. The van der Waals surface area contributed by atoms with Gasteiger partial charge in [-0.2, -0.15) is 5.10 Å². The van der Waals surface area contributed by atoms with E-state index in [4.69, 9.17) is 0 Å². The fraction of sp³-hybridized carbons (Fsp3) is 0.400. The molecule has 2 N–H and O–H groups in total. The highest BCUT2D eigenvalue weighted by molar-refractivity contribution is 5.93. The second-order valence-corrected chi connectivity index (χ2v) is 5.65. The van der Waals surface area contributed by atoms with Crippen molar-refractivity contribution in [3.05, 3.63) is 42.5 Å². The molecule has 3 atom stereocenters. The van der Waals surface area contributed by atoms with Crippen molar-refractivity contribution in [1.29, 1.82) is 0 Å². The molecule has 0 bridgehead atoms. The van der Waals surface area contributed by atoms with Crippen LogP contribution in [0.5, 0.6) is 0 Å². The first-order chi connectivity index (χ1) is 10.6. The highest BCUT2D eigenvalue weighted by Gasteiger charge is 2.42. The zero-order valence-corrected chi connectivity index (χ0v) is 12.5. The summed E-state index contributed by atoms with van der Waals surface area (Å²) in [6.07, 6.45) is 5.09. The molecule has 7 heteroatoms. The predicted octanol–water partition coefficient (Wildman–Crippen LogP) is 0.448. The fourth-order valence-electron chi connectivity index (χ4n) is 2.64. The molecule has 0 radical (unpaired) electrons. The molecule has 2 aromatic rings. The average molecular weight is 301 g/mol. The summed E-state index contributed by atoms with van der Waals surface area (Å²) >= 11 is 0. The van der Waals surface area contributed by atoms with Crippen molar-refractivity contribution >= 4 is 11.6 Å². The van der Waals surface area contributed by atoms with Gasteiger partial charge in [0.2, 0.25) is 0 Å². The van der Waals surface area contributed by atoms with Crippen LogP contribution in [0.3, 0.4) is 0 Å². The van der Waals surface area contributed by atoms with E-state index < -0.39 is 6.10 Å². The van der Waals surface area contributed by atoms with E-state index in [9.17, 15) is 9.90 Å². The number of rotatable bonds is 4. The Balaban J connectivity index is 1.71. The van der Waals surface area contributed by atoms with Gasteiger partial charge in [-0.3, -0.25) is 14.5 Å². The molecule has 7 nitrogen and oxygen atoms in total. The van der Waals surface area contributed by atoms with Gasteiger partial charge >= 0.3 is 0 Å². The van der Waals surface area contributed by atoms with Gasteiger partial charge in [-0.15, -0.1) is 0 Å². The third-order valence-corrected chi connectivity index (χ3v) is 3.94. The van der Waals surface area contributed by atoms with Gasteiger partial charge in [-0.05, 0) is 24.6 Å². The van der Waals surface area contributed by atoms with Crippen molar-refractivity contribution in [3.63, 3.8) is 0 Å². The van der Waals surface area contributed by atoms with Gasteiger partial charge in [0.25, 0.3) is 5.91 Å². The molecular weight excluding hydrogens is 282 g/mol. The Hall–Kier alpha value is -2.41. The van der Waals surface area contributed by atoms with E-state index in [2.05, 4.69) is 15.4 Å². The average Bonchev–Trinajstić information content (AvgIpc) is 3.00. The number of carbonyl (C=O) groups excluding carboxylic acids is 1. The minimum absolute atomic E-state index is 0.146. The Morgan fingerprint density at radius 1 is 1.45 bits per heavy atom. The van der Waals surface area contributed by atoms with Gasteiger partial charge in [0.15, 0.2) is 0 Å². The first-order valence-corrected chi connectivity index (χ1v) is 7.17. The Kier molecular flexibility index (Phi) is 3.81. The molecule has 1 amide bonds. The first kappa shape index (κ1) is 14.5. The standard InChI is InChI=1S/C15H19N5O2/c1-19(2)10-4-6-16-12(8-10)15(22)18-11-9-13(21)14(11)20-7-3-5-17-20/h3-8,11,13-14,21H,9H2,1-2H3,(H,18,22)/t11-,13+,14+/m0/s1. The van der Waals surface area contributed by atoms with Crippen LogP contribution in [0.2, 0.25) is 0 Å². The number of aliphatic hydroxyl groups is 1. The number of anilines is 1. The lowest BCUT2D eigenvalue weighted by Gasteiger charge is -2.41. The van der Waals surface area contributed by atoms with Crippen LogP contribution in [-0.2, 0) is 0 Å². The quantitative estimate of drug-likeness (QED) is 0.856. The largest absolute Gasteiger partial charge is 0.391 e. The van der Waals surface area contributed by atoms with E-state index >= 15 is 0 Å². The molecule has 1 aliphatic rings. The van der Waals surface area contributed by atoms with E-state index in [1.165, 1.54) is 0 Å². The number of hydrogen-bond donors (Lipinski definition) is 2. The zero-order chi connectivity index (χ0) is 15.7. The van der Waals surface area contributed by atoms with Crippen LogP contribution in [0, 0.1) is 0 Å². The molecule has 0 saturated heterocycles. The summed E-state index contributed by atoms with van der Waals surface area (Å²) in [5, 5.41) is 17.0. The van der Waals surface area contributed by atoms with Crippen LogP contribution < -0.4 is 10.2 Å². The van der Waals surface area contributed by atoms with Crippen LogP contribution >= 0.6 is 0 Å². The van der Waals surface area contributed by atoms with Gasteiger partial charge in [0.1, 0.15) is 5.69 Å². The van der Waals surface area contributed by atoms with Gasteiger partial charge in [0.05, 0.1) is 18.2 Å². The smallest absolute Gasteiger partial charge is 0.270 e. The first-order valence-electron chi connectivity index (χ1n) is 7.17. The van der Waals surface area contributed by atoms with E-state index in [0.29, 0.717) is 12.1 Å². The third-order valence-electron chi connectivity index (χ3n) is 3.94. The number of carbonyl (C=O) groups is 1. The van der Waals surface area contributed by atoms with Crippen LogP contribution in [0.4, 0.5) is 5.69 Å². The maximum atomic E-state index is 12.3. The van der Waals surface area contributed by atoms with Gasteiger partial charge in [0, 0.05) is 38.4 Å². The van der Waals surface area contributed by atoms with Crippen molar-refractivity contribution in [2.24, 2.45) is 0 Å². The number of hydrogen-bond acceptors (Lipinski definition) is 5. The Labute approximate surface area is 128 Å². The molecule has 2 heterocycles. The maximum Gasteiger partial charge on any atom is 0.270 e. The van der Waals surface area contributed by atoms with E-state index in [1.807, 2.05) is 25.1 Å². The van der Waals surface area contributed by atoms with Crippen molar-refractivity contribution in [3.8, 4) is 0 Å². The molecule has 3 rings (SSSR count). The Morgan fingerprint density at radius 2 is 2.27 bits per heavy atom. The maximum absolute atomic E-state index is 12.3. The molecule has 0 aromatic carbocycles. The number of aromatic nitrogens is 3. The van der Waals surface area contributed by atoms with E-state index in [0.717, 1.165) is 5.69 Å². The van der Waals surface area contributed by atoms with Crippen LogP contribution in [0.25, 0.3) is 0 Å². The van der Waals surface area contributed by atoms with Crippen molar-refractivity contribution in [2.75, 3.05) is 19.0 Å². The molecule has 0 spiro atoms. The number of pyridine rings is 1. The summed E-state index contributed by atoms with van der Waals surface area (Å²) in [4.78, 5) is 18.4. The van der Waals surface area contributed by atoms with Crippen LogP contribution in [0.15, 0.2) is 36.8 Å². The van der Waals surface area contributed by atoms with Gasteiger partial charge < -0.3 is 15.3 Å². The summed E-state index contributed by atoms with van der Waals surface area (Å²) in [5.74, 6) is -0.238. The summed E-state index contributed by atoms with van der Waals surface area (Å²) in [7, 11) is 3.82. The van der Waals surface area contributed by atoms with Crippen molar-refractivity contribution in [1.82, 2.24) is 20.1 Å². The number of nitrogens with zero attached hydrogens (tertiary/aromatic N) is 4. The predicted molar refractivity (Wildman–Crippen MR) is 81.7 cm³/mol. The molecule has 116 valence electrons. The normalized spacial score (nSPS) is 23.7. The summed E-state index contributed by atoms with van der Waals surface area (Å²) in [6, 6.07) is 5.01. The number of aliphatic hydroxyl groups excluding tert-OH is 1. The second kappa shape index (κ2) is 5.76. The SMILES string of the molecule is CN(C)c1ccnc(C(=O)N[C@H]2C[C@@H](O)[C@@H]2n2cccn2)c1. The highest BCUT2D eigenvalue weighted by atomic mass is 16.3. The van der Waals surface area contributed by atoms with Gasteiger partial charge in [-0.25, -0.2) is 0 Å². The Morgan fingerprint density at radius 3 is 2.91 bits per heavy atom. The van der Waals surface area contributed by atoms with Crippen LogP contribution in [0.1, 0.15) is 23.0 Å². The molecular formula is C15H19N5O2. The zero-order valence-electron chi connectivity index (χ0n) is 12.5. The molecule has 22 heavy (non-hydrogen) atoms. The molecule has 1 fully saturated rings. The van der Waals surface area contributed by atoms with E-state index in [-0.39, 0.29) is 18.0 Å². The lowest BCUT2D eigenvalue weighted by molar-refractivity contribution is -0.00595. The molecule has 1 saturated carbocycles. The minimum atomic E-state index is -0.494.